The number of aromatic amines is 1. The molecule has 1 aromatic rings. The van der Waals surface area contributed by atoms with E-state index in [-0.39, 0.29) is 15.8 Å². The largest absolute Gasteiger partial charge is 0.352 e. The topological polar surface area (TPSA) is 64.1 Å². The molecule has 19 heavy (non-hydrogen) atoms. The van der Waals surface area contributed by atoms with Crippen LogP contribution in [-0.2, 0) is 4.74 Å². The van der Waals surface area contributed by atoms with Crippen molar-refractivity contribution >= 4 is 47.8 Å². The Hall–Kier alpha value is -0.180. The smallest absolute Gasteiger partial charge is 0.330 e. The molecule has 1 saturated heterocycles. The molecule has 0 radical (unpaired) electrons. The zero-order chi connectivity index (χ0) is 14.2. The summed E-state index contributed by atoms with van der Waals surface area (Å²) in [5.41, 5.74) is -0.932. The van der Waals surface area contributed by atoms with Crippen molar-refractivity contribution < 1.29 is 4.74 Å². The van der Waals surface area contributed by atoms with Gasteiger partial charge >= 0.3 is 5.69 Å². The number of hydrogen-bond donors (Lipinski definition) is 1. The van der Waals surface area contributed by atoms with Crippen LogP contribution in [0.1, 0.15) is 12.6 Å². The second kappa shape index (κ2) is 6.07. The summed E-state index contributed by atoms with van der Waals surface area (Å²) in [6, 6.07) is 0. The summed E-state index contributed by atoms with van der Waals surface area (Å²) in [5.74, 6) is 0. The summed E-state index contributed by atoms with van der Waals surface area (Å²) in [6.07, 6.45) is 3.27. The maximum atomic E-state index is 11.8. The third-order valence-corrected chi connectivity index (χ3v) is 5.23. The lowest BCUT2D eigenvalue weighted by atomic mass is 10.2. The van der Waals surface area contributed by atoms with Crippen LogP contribution >= 0.6 is 47.8 Å². The highest BCUT2D eigenvalue weighted by Gasteiger charge is 2.38. The molecule has 1 unspecified atom stereocenters. The first-order valence-electron chi connectivity index (χ1n) is 5.51. The third-order valence-electron chi connectivity index (χ3n) is 2.87. The first kappa shape index (κ1) is 15.2. The first-order valence-corrected chi connectivity index (χ1v) is 8.13. The SMILES string of the molecule is C=CC(Br)[C@H]1O[C@@H](n2cc(Br)c(=O)[nH]c2=O)C[C@@H]1Br. The standard InChI is InChI=1S/C11H11Br3N2O3/c1-2-5(12)9-6(13)3-8(19-9)16-4-7(14)10(17)15-11(16)18/h2,4-6,8-9H,1,3H2,(H,15,17,18)/t5?,6-,8+,9+/m0/s1. The molecule has 1 aromatic heterocycles. The minimum absolute atomic E-state index is 0.0104. The number of halogens is 3. The molecule has 0 aliphatic carbocycles. The minimum atomic E-state index is -0.483. The summed E-state index contributed by atoms with van der Waals surface area (Å²) in [4.78, 5) is 25.4. The van der Waals surface area contributed by atoms with E-state index in [0.717, 1.165) is 0 Å². The van der Waals surface area contributed by atoms with Gasteiger partial charge in [-0.2, -0.15) is 0 Å². The molecule has 1 aliphatic rings. The van der Waals surface area contributed by atoms with Crippen LogP contribution in [0.5, 0.6) is 0 Å². The molecule has 5 nitrogen and oxygen atoms in total. The molecule has 0 aromatic carbocycles. The fourth-order valence-corrected chi connectivity index (χ4v) is 3.91. The number of alkyl halides is 2. The molecule has 2 heterocycles. The summed E-state index contributed by atoms with van der Waals surface area (Å²) in [5, 5.41) is 0. The highest BCUT2D eigenvalue weighted by Crippen LogP contribution is 2.36. The highest BCUT2D eigenvalue weighted by atomic mass is 79.9. The second-order valence-electron chi connectivity index (χ2n) is 4.13. The average molecular weight is 459 g/mol. The van der Waals surface area contributed by atoms with E-state index in [2.05, 4.69) is 59.4 Å². The Kier molecular flexibility index (Phi) is 4.86. The van der Waals surface area contributed by atoms with Gasteiger partial charge in [0, 0.05) is 17.4 Å². The van der Waals surface area contributed by atoms with Crippen LogP contribution < -0.4 is 11.2 Å². The molecule has 1 aliphatic heterocycles. The molecule has 8 heteroatoms. The second-order valence-corrected chi connectivity index (χ2v) is 7.22. The minimum Gasteiger partial charge on any atom is -0.352 e. The number of rotatable bonds is 3. The summed E-state index contributed by atoms with van der Waals surface area (Å²) in [7, 11) is 0. The van der Waals surface area contributed by atoms with Crippen molar-refractivity contribution in [1.82, 2.24) is 9.55 Å². The highest BCUT2D eigenvalue weighted by molar-refractivity contribution is 9.10. The molecule has 0 saturated carbocycles. The van der Waals surface area contributed by atoms with E-state index in [4.69, 9.17) is 4.74 Å². The van der Waals surface area contributed by atoms with Crippen molar-refractivity contribution in [2.24, 2.45) is 0 Å². The lowest BCUT2D eigenvalue weighted by molar-refractivity contribution is 0.00458. The van der Waals surface area contributed by atoms with Crippen molar-refractivity contribution in [2.45, 2.75) is 28.4 Å². The molecule has 4 atom stereocenters. The number of ether oxygens (including phenoxy) is 1. The van der Waals surface area contributed by atoms with E-state index in [1.807, 2.05) is 0 Å². The van der Waals surface area contributed by atoms with E-state index in [1.54, 1.807) is 6.08 Å². The zero-order valence-corrected chi connectivity index (χ0v) is 14.4. The van der Waals surface area contributed by atoms with Crippen molar-refractivity contribution in [3.63, 3.8) is 0 Å². The summed E-state index contributed by atoms with van der Waals surface area (Å²) < 4.78 is 7.52. The van der Waals surface area contributed by atoms with Crippen molar-refractivity contribution in [3.8, 4) is 0 Å². The fraction of sp³-hybridized carbons (Fsp3) is 0.455. The van der Waals surface area contributed by atoms with Crippen LogP contribution in [0.25, 0.3) is 0 Å². The first-order chi connectivity index (χ1) is 8.93. The van der Waals surface area contributed by atoms with Gasteiger partial charge in [0.05, 0.1) is 15.4 Å². The van der Waals surface area contributed by atoms with Gasteiger partial charge in [0.2, 0.25) is 0 Å². The number of H-pyrrole nitrogens is 1. The number of aromatic nitrogens is 2. The average Bonchev–Trinajstić information content (AvgIpc) is 2.75. The zero-order valence-electron chi connectivity index (χ0n) is 9.68. The van der Waals surface area contributed by atoms with E-state index in [9.17, 15) is 9.59 Å². The van der Waals surface area contributed by atoms with Gasteiger partial charge in [-0.15, -0.1) is 6.58 Å². The van der Waals surface area contributed by atoms with Crippen LogP contribution in [0.3, 0.4) is 0 Å². The van der Waals surface area contributed by atoms with E-state index in [0.29, 0.717) is 10.9 Å². The van der Waals surface area contributed by atoms with Gasteiger partial charge < -0.3 is 4.74 Å². The normalized spacial score (nSPS) is 28.3. The van der Waals surface area contributed by atoms with Crippen molar-refractivity contribution in [2.75, 3.05) is 0 Å². The lowest BCUT2D eigenvalue weighted by Crippen LogP contribution is -2.33. The molecule has 2 rings (SSSR count). The van der Waals surface area contributed by atoms with E-state index >= 15 is 0 Å². The van der Waals surface area contributed by atoms with Crippen molar-refractivity contribution in [3.05, 3.63) is 44.2 Å². The Labute approximate surface area is 134 Å². The molecule has 104 valence electrons. The Morgan fingerprint density at radius 3 is 2.89 bits per heavy atom. The molecule has 1 N–H and O–H groups in total. The maximum Gasteiger partial charge on any atom is 0.330 e. The Morgan fingerprint density at radius 2 is 2.26 bits per heavy atom. The predicted octanol–water partition coefficient (Wildman–Crippen LogP) is 2.30. The Balaban J connectivity index is 2.30. The summed E-state index contributed by atoms with van der Waals surface area (Å²) >= 11 is 10.1. The maximum absolute atomic E-state index is 11.8. The van der Waals surface area contributed by atoms with Crippen LogP contribution in [-0.4, -0.2) is 25.3 Å². The van der Waals surface area contributed by atoms with Gasteiger partial charge in [0.15, 0.2) is 0 Å². The molecule has 0 bridgehead atoms. The van der Waals surface area contributed by atoms with Gasteiger partial charge in [0.1, 0.15) is 6.23 Å². The monoisotopic (exact) mass is 456 g/mol. The fourth-order valence-electron chi connectivity index (χ4n) is 1.91. The number of hydrogen-bond acceptors (Lipinski definition) is 3. The Morgan fingerprint density at radius 1 is 1.58 bits per heavy atom. The van der Waals surface area contributed by atoms with E-state index < -0.39 is 17.5 Å². The molecule has 1 fully saturated rings. The van der Waals surface area contributed by atoms with Crippen LogP contribution in [0.2, 0.25) is 0 Å². The molecule has 0 spiro atoms. The van der Waals surface area contributed by atoms with Crippen LogP contribution in [0.15, 0.2) is 32.9 Å². The van der Waals surface area contributed by atoms with Gasteiger partial charge in [-0.3, -0.25) is 14.3 Å². The number of nitrogens with one attached hydrogen (secondary N) is 1. The van der Waals surface area contributed by atoms with Gasteiger partial charge in [0.25, 0.3) is 5.56 Å². The van der Waals surface area contributed by atoms with Gasteiger partial charge in [-0.1, -0.05) is 37.9 Å². The van der Waals surface area contributed by atoms with Crippen molar-refractivity contribution in [1.29, 1.82) is 0 Å². The van der Waals surface area contributed by atoms with Gasteiger partial charge in [-0.25, -0.2) is 4.79 Å². The summed E-state index contributed by atoms with van der Waals surface area (Å²) in [6.45, 7) is 3.71. The lowest BCUT2D eigenvalue weighted by Gasteiger charge is -2.18. The van der Waals surface area contributed by atoms with E-state index in [1.165, 1.54) is 10.8 Å². The van der Waals surface area contributed by atoms with Gasteiger partial charge in [-0.05, 0) is 15.9 Å². The molecular formula is C11H11Br3N2O3. The quantitative estimate of drug-likeness (QED) is 0.558. The third kappa shape index (κ3) is 3.12. The number of nitrogens with zero attached hydrogens (tertiary/aromatic N) is 1. The Bertz CT molecular complexity index is 598. The van der Waals surface area contributed by atoms with Crippen LogP contribution in [0.4, 0.5) is 0 Å². The van der Waals surface area contributed by atoms with Crippen LogP contribution in [0, 0.1) is 0 Å². The molecule has 0 amide bonds. The molecular weight excluding hydrogens is 448 g/mol. The predicted molar refractivity (Wildman–Crippen MR) is 83.2 cm³/mol.